The van der Waals surface area contributed by atoms with Crippen LogP contribution in [0.2, 0.25) is 0 Å². The van der Waals surface area contributed by atoms with Gasteiger partial charge < -0.3 is 13.9 Å². The molecule has 2 aromatic carbocycles. The Balaban J connectivity index is 1.87. The van der Waals surface area contributed by atoms with E-state index in [2.05, 4.69) is 4.98 Å². The van der Waals surface area contributed by atoms with E-state index in [1.807, 2.05) is 6.92 Å². The van der Waals surface area contributed by atoms with Crippen molar-refractivity contribution in [3.05, 3.63) is 76.7 Å². The number of hydrogen-bond donors (Lipinski definition) is 2. The summed E-state index contributed by atoms with van der Waals surface area (Å²) in [4.78, 5) is 17.3. The molecule has 1 unspecified atom stereocenters. The van der Waals surface area contributed by atoms with Crippen molar-refractivity contribution >= 4 is 21.8 Å². The fraction of sp³-hybridized carbons (Fsp3) is 0.250. The van der Waals surface area contributed by atoms with Crippen LogP contribution < -0.4 is 15.2 Å². The van der Waals surface area contributed by atoms with Gasteiger partial charge in [0.25, 0.3) is 0 Å². The molecule has 0 aliphatic rings. The van der Waals surface area contributed by atoms with Crippen molar-refractivity contribution in [3.63, 3.8) is 0 Å². The number of ether oxygens (including phenoxy) is 2. The molecule has 0 saturated carbocycles. The van der Waals surface area contributed by atoms with Gasteiger partial charge in [-0.15, -0.1) is 0 Å². The van der Waals surface area contributed by atoms with E-state index in [1.54, 1.807) is 42.5 Å². The van der Waals surface area contributed by atoms with Gasteiger partial charge in [0, 0.05) is 23.6 Å². The number of pyridine rings is 1. The molecule has 10 heteroatoms. The van der Waals surface area contributed by atoms with E-state index in [0.29, 0.717) is 34.8 Å². The summed E-state index contributed by atoms with van der Waals surface area (Å²) in [5.74, 6) is -0.350. The van der Waals surface area contributed by atoms with E-state index in [4.69, 9.17) is 13.9 Å². The lowest BCUT2D eigenvalue weighted by Crippen LogP contribution is -2.26. The molecule has 34 heavy (non-hydrogen) atoms. The Morgan fingerprint density at radius 1 is 1.18 bits per heavy atom. The normalized spacial score (nSPS) is 13.1. The number of halogens is 1. The molecule has 2 heterocycles. The molecule has 2 aromatic heterocycles. The van der Waals surface area contributed by atoms with Gasteiger partial charge in [0.05, 0.1) is 25.5 Å². The van der Waals surface area contributed by atoms with Gasteiger partial charge >= 0.3 is 5.76 Å². The molecule has 0 aliphatic heterocycles. The van der Waals surface area contributed by atoms with E-state index >= 15 is 0 Å². The second kappa shape index (κ2) is 9.49. The maximum Gasteiger partial charge on any atom is 0.421 e. The molecule has 180 valence electrons. The van der Waals surface area contributed by atoms with Crippen molar-refractivity contribution in [1.29, 1.82) is 0 Å². The smallest absolute Gasteiger partial charge is 0.421 e. The van der Waals surface area contributed by atoms with Crippen LogP contribution in [0.25, 0.3) is 22.4 Å². The third-order valence-electron chi connectivity index (χ3n) is 5.30. The third-order valence-corrected chi connectivity index (χ3v) is 6.24. The van der Waals surface area contributed by atoms with E-state index < -0.39 is 28.2 Å². The topological polar surface area (TPSA) is 107 Å². The summed E-state index contributed by atoms with van der Waals surface area (Å²) in [5.41, 5.74) is 1.71. The van der Waals surface area contributed by atoms with E-state index in [0.717, 1.165) is 0 Å². The molecule has 0 saturated heterocycles. The summed E-state index contributed by atoms with van der Waals surface area (Å²) in [6.07, 6.45) is 2.76. The Hall–Kier alpha value is -3.34. The fourth-order valence-corrected chi connectivity index (χ4v) is 4.77. The Kier molecular flexibility index (Phi) is 6.65. The van der Waals surface area contributed by atoms with Crippen LogP contribution in [-0.2, 0) is 0 Å². The first-order chi connectivity index (χ1) is 16.2. The summed E-state index contributed by atoms with van der Waals surface area (Å²) in [5, 5.41) is 0. The van der Waals surface area contributed by atoms with Crippen molar-refractivity contribution in [2.45, 2.75) is 13.0 Å². The summed E-state index contributed by atoms with van der Waals surface area (Å²) in [6.45, 7) is 2.22. The highest BCUT2D eigenvalue weighted by atomic mass is 32.3. The molecule has 0 bridgehead atoms. The fourth-order valence-electron chi connectivity index (χ4n) is 3.83. The van der Waals surface area contributed by atoms with Crippen LogP contribution in [0.5, 0.6) is 11.5 Å². The molecular weight excluding hydrogens is 463 g/mol. The van der Waals surface area contributed by atoms with Crippen molar-refractivity contribution < 1.29 is 27.4 Å². The van der Waals surface area contributed by atoms with Crippen LogP contribution in [-0.4, -0.2) is 44.4 Å². The molecule has 8 nitrogen and oxygen atoms in total. The van der Waals surface area contributed by atoms with Crippen LogP contribution in [0.15, 0.2) is 63.9 Å². The van der Waals surface area contributed by atoms with Gasteiger partial charge in [-0.05, 0) is 36.8 Å². The van der Waals surface area contributed by atoms with Gasteiger partial charge in [-0.25, -0.2) is 18.7 Å². The first-order valence-electron chi connectivity index (χ1n) is 10.5. The summed E-state index contributed by atoms with van der Waals surface area (Å²) >= 11 is 0. The van der Waals surface area contributed by atoms with Crippen molar-refractivity contribution in [2.24, 2.45) is 0 Å². The van der Waals surface area contributed by atoms with Crippen molar-refractivity contribution in [2.75, 3.05) is 25.7 Å². The highest BCUT2D eigenvalue weighted by molar-refractivity contribution is 8.23. The lowest BCUT2D eigenvalue weighted by atomic mass is 10.1. The standard InChI is InChI=1S/C24H25FN2O6S/c1-4-32-21-11-15(9-10-20(21)31-2)19(14-34(3,29)30)27-23-22(33-24(27)28)12-16(13-26-23)17-7-5-6-8-18(17)25/h5-13,19,29-30H,4,14H2,1-3H3. The SMILES string of the molecule is CCOc1cc(C(CS(C)(O)O)n2c(=O)oc3cc(-c4ccccc4F)cnc32)ccc1OC. The van der Waals surface area contributed by atoms with Gasteiger partial charge in [-0.1, -0.05) is 24.3 Å². The van der Waals surface area contributed by atoms with Gasteiger partial charge in [0.2, 0.25) is 0 Å². The maximum atomic E-state index is 14.3. The van der Waals surface area contributed by atoms with E-state index in [9.17, 15) is 18.3 Å². The molecule has 0 aliphatic carbocycles. The first kappa shape index (κ1) is 23.8. The number of fused-ring (bicyclic) bond motifs is 1. The number of nitrogens with zero attached hydrogens (tertiary/aromatic N) is 2. The number of methoxy groups -OCH3 is 1. The third kappa shape index (κ3) is 4.79. The number of aromatic nitrogens is 2. The number of hydrogen-bond acceptors (Lipinski definition) is 7. The molecule has 4 aromatic rings. The minimum absolute atomic E-state index is 0.155. The lowest BCUT2D eigenvalue weighted by Gasteiger charge is -2.32. The van der Waals surface area contributed by atoms with Gasteiger partial charge in [-0.2, -0.15) is 10.6 Å². The van der Waals surface area contributed by atoms with Crippen LogP contribution in [0.4, 0.5) is 4.39 Å². The summed E-state index contributed by atoms with van der Waals surface area (Å²) in [7, 11) is -1.51. The predicted octanol–water partition coefficient (Wildman–Crippen LogP) is 5.17. The minimum atomic E-state index is -3.03. The second-order valence-corrected chi connectivity index (χ2v) is 10.1. The van der Waals surface area contributed by atoms with Gasteiger partial charge in [0.15, 0.2) is 22.7 Å². The van der Waals surface area contributed by atoms with Gasteiger partial charge in [-0.3, -0.25) is 9.11 Å². The molecule has 0 amide bonds. The largest absolute Gasteiger partial charge is 0.493 e. The zero-order valence-electron chi connectivity index (χ0n) is 18.9. The highest BCUT2D eigenvalue weighted by Crippen LogP contribution is 2.42. The van der Waals surface area contributed by atoms with Crippen LogP contribution >= 0.6 is 10.6 Å². The molecule has 0 fully saturated rings. The predicted molar refractivity (Wildman–Crippen MR) is 130 cm³/mol. The first-order valence-corrected chi connectivity index (χ1v) is 12.6. The molecule has 0 radical (unpaired) electrons. The molecule has 2 N–H and O–H groups in total. The maximum absolute atomic E-state index is 14.3. The zero-order chi connectivity index (χ0) is 24.5. The molecule has 0 spiro atoms. The second-order valence-electron chi connectivity index (χ2n) is 7.78. The number of rotatable bonds is 8. The number of oxazole rings is 1. The van der Waals surface area contributed by atoms with E-state index in [1.165, 1.54) is 30.2 Å². The Bertz CT molecular complexity index is 1380. The van der Waals surface area contributed by atoms with E-state index in [-0.39, 0.29) is 17.0 Å². The molecule has 1 atom stereocenters. The average molecular weight is 489 g/mol. The minimum Gasteiger partial charge on any atom is -0.493 e. The van der Waals surface area contributed by atoms with Crippen molar-refractivity contribution in [1.82, 2.24) is 9.55 Å². The zero-order valence-corrected chi connectivity index (χ0v) is 19.7. The highest BCUT2D eigenvalue weighted by Gasteiger charge is 2.27. The lowest BCUT2D eigenvalue weighted by molar-refractivity contribution is 0.310. The number of benzene rings is 2. The molecule has 4 rings (SSSR count). The Morgan fingerprint density at radius 2 is 1.94 bits per heavy atom. The monoisotopic (exact) mass is 488 g/mol. The molecular formula is C24H25FN2O6S. The van der Waals surface area contributed by atoms with Crippen LogP contribution in [0, 0.1) is 5.82 Å². The van der Waals surface area contributed by atoms with Crippen LogP contribution in [0.3, 0.4) is 0 Å². The average Bonchev–Trinajstić information content (AvgIpc) is 3.12. The van der Waals surface area contributed by atoms with Gasteiger partial charge in [0.1, 0.15) is 5.82 Å². The van der Waals surface area contributed by atoms with Crippen LogP contribution in [0.1, 0.15) is 18.5 Å². The quantitative estimate of drug-likeness (QED) is 0.352. The van der Waals surface area contributed by atoms with Crippen molar-refractivity contribution in [3.8, 4) is 22.6 Å². The Morgan fingerprint density at radius 3 is 2.62 bits per heavy atom. The Labute approximate surface area is 196 Å². The summed E-state index contributed by atoms with van der Waals surface area (Å²) in [6, 6.07) is 12.0. The summed E-state index contributed by atoms with van der Waals surface area (Å²) < 4.78 is 52.5.